The van der Waals surface area contributed by atoms with Crippen molar-refractivity contribution in [2.45, 2.75) is 70.4 Å². The smallest absolute Gasteiger partial charge is 0.319 e. The Morgan fingerprint density at radius 1 is 1.00 bits per heavy atom. The highest BCUT2D eigenvalue weighted by Crippen LogP contribution is 2.26. The van der Waals surface area contributed by atoms with Gasteiger partial charge in [0.05, 0.1) is 0 Å². The molecule has 4 nitrogen and oxygen atoms in total. The third-order valence-electron chi connectivity index (χ3n) is 5.56. The van der Waals surface area contributed by atoms with Gasteiger partial charge in [0, 0.05) is 19.7 Å². The van der Waals surface area contributed by atoms with Crippen LogP contribution in [0.25, 0.3) is 0 Å². The van der Waals surface area contributed by atoms with Crippen LogP contribution in [0.4, 0.5) is 4.79 Å². The molecule has 2 unspecified atom stereocenters. The highest BCUT2D eigenvalue weighted by molar-refractivity contribution is 5.74. The molecule has 4 heteroatoms. The van der Waals surface area contributed by atoms with Gasteiger partial charge in [0.1, 0.15) is 6.23 Å². The summed E-state index contributed by atoms with van der Waals surface area (Å²) in [5.74, 6) is 1.32. The maximum atomic E-state index is 12.8. The summed E-state index contributed by atoms with van der Waals surface area (Å²) < 4.78 is 5.58. The third-order valence-corrected chi connectivity index (χ3v) is 5.56. The first-order valence-electron chi connectivity index (χ1n) is 9.63. The minimum atomic E-state index is -0.0670. The van der Waals surface area contributed by atoms with E-state index in [0.717, 1.165) is 45.4 Å². The van der Waals surface area contributed by atoms with Gasteiger partial charge in [0.25, 0.3) is 0 Å². The van der Waals surface area contributed by atoms with Crippen LogP contribution in [0.5, 0.6) is 0 Å². The van der Waals surface area contributed by atoms with Crippen LogP contribution >= 0.6 is 0 Å². The lowest BCUT2D eigenvalue weighted by molar-refractivity contribution is 0.0796. The fourth-order valence-electron chi connectivity index (χ4n) is 4.18. The van der Waals surface area contributed by atoms with Crippen molar-refractivity contribution in [1.82, 2.24) is 10.2 Å². The second kappa shape index (κ2) is 8.72. The second-order valence-electron chi connectivity index (χ2n) is 7.51. The second-order valence-corrected chi connectivity index (χ2v) is 7.51. The molecule has 1 saturated carbocycles. The van der Waals surface area contributed by atoms with Crippen molar-refractivity contribution in [3.8, 4) is 0 Å². The van der Waals surface area contributed by atoms with Crippen LogP contribution in [-0.2, 0) is 4.74 Å². The van der Waals surface area contributed by atoms with Crippen LogP contribution in [0.1, 0.15) is 64.2 Å². The van der Waals surface area contributed by atoms with Gasteiger partial charge in [-0.2, -0.15) is 0 Å². The normalized spacial score (nSPS) is 28.7. The minimum Gasteiger partial charge on any atom is -0.358 e. The van der Waals surface area contributed by atoms with Crippen molar-refractivity contribution < 1.29 is 9.53 Å². The van der Waals surface area contributed by atoms with Gasteiger partial charge in [-0.05, 0) is 56.8 Å². The van der Waals surface area contributed by atoms with Crippen LogP contribution < -0.4 is 5.32 Å². The van der Waals surface area contributed by atoms with Gasteiger partial charge in [-0.1, -0.05) is 31.4 Å². The first-order valence-corrected chi connectivity index (χ1v) is 9.63. The number of rotatable bonds is 5. The zero-order valence-electron chi connectivity index (χ0n) is 14.3. The summed E-state index contributed by atoms with van der Waals surface area (Å²) >= 11 is 0. The molecule has 1 saturated heterocycles. The van der Waals surface area contributed by atoms with Crippen LogP contribution in [0.2, 0.25) is 0 Å². The van der Waals surface area contributed by atoms with E-state index in [1.807, 2.05) is 0 Å². The Morgan fingerprint density at radius 3 is 2.52 bits per heavy atom. The third kappa shape index (κ3) is 5.23. The monoisotopic (exact) mass is 320 g/mol. The van der Waals surface area contributed by atoms with Crippen molar-refractivity contribution in [1.29, 1.82) is 0 Å². The largest absolute Gasteiger partial charge is 0.358 e. The van der Waals surface area contributed by atoms with E-state index in [9.17, 15) is 4.79 Å². The van der Waals surface area contributed by atoms with E-state index in [1.165, 1.54) is 38.5 Å². The Labute approximate surface area is 140 Å². The minimum absolute atomic E-state index is 0.0670. The van der Waals surface area contributed by atoms with Gasteiger partial charge in [-0.25, -0.2) is 4.79 Å². The standard InChI is InChI=1S/C19H32N2O2/c22-19(20-18-12-7-13-23-18)21(14-16-8-3-1-4-9-16)15-17-10-5-2-6-11-17/h1,3,16-18H,2,4-15H2,(H,20,22). The zero-order valence-corrected chi connectivity index (χ0v) is 14.3. The van der Waals surface area contributed by atoms with Crippen LogP contribution in [0.3, 0.4) is 0 Å². The first-order chi connectivity index (χ1) is 11.3. The molecule has 1 N–H and O–H groups in total. The van der Waals surface area contributed by atoms with E-state index >= 15 is 0 Å². The highest BCUT2D eigenvalue weighted by Gasteiger charge is 2.26. The molecular weight excluding hydrogens is 288 g/mol. The molecule has 2 fully saturated rings. The zero-order chi connectivity index (χ0) is 15.9. The van der Waals surface area contributed by atoms with Gasteiger partial charge in [-0.15, -0.1) is 0 Å². The Balaban J connectivity index is 1.56. The average Bonchev–Trinajstić information content (AvgIpc) is 3.09. The molecule has 0 spiro atoms. The van der Waals surface area contributed by atoms with Gasteiger partial charge >= 0.3 is 6.03 Å². The number of ether oxygens (including phenoxy) is 1. The lowest BCUT2D eigenvalue weighted by Crippen LogP contribution is -2.48. The average molecular weight is 320 g/mol. The molecule has 0 aromatic rings. The van der Waals surface area contributed by atoms with E-state index in [0.29, 0.717) is 11.8 Å². The number of hydrogen-bond donors (Lipinski definition) is 1. The molecule has 3 rings (SSSR count). The van der Waals surface area contributed by atoms with E-state index in [2.05, 4.69) is 22.4 Å². The van der Waals surface area contributed by atoms with E-state index < -0.39 is 0 Å². The fourth-order valence-corrected chi connectivity index (χ4v) is 4.18. The first kappa shape index (κ1) is 16.8. The van der Waals surface area contributed by atoms with Crippen molar-refractivity contribution in [3.05, 3.63) is 12.2 Å². The van der Waals surface area contributed by atoms with Crippen molar-refractivity contribution in [2.24, 2.45) is 11.8 Å². The maximum absolute atomic E-state index is 12.8. The number of amides is 2. The molecule has 2 atom stereocenters. The van der Waals surface area contributed by atoms with Crippen LogP contribution in [0.15, 0.2) is 12.2 Å². The molecule has 2 amide bonds. The highest BCUT2D eigenvalue weighted by atomic mass is 16.5. The van der Waals surface area contributed by atoms with Gasteiger partial charge in [0.15, 0.2) is 0 Å². The quantitative estimate of drug-likeness (QED) is 0.776. The van der Waals surface area contributed by atoms with Crippen molar-refractivity contribution in [2.75, 3.05) is 19.7 Å². The van der Waals surface area contributed by atoms with E-state index in [-0.39, 0.29) is 12.3 Å². The molecule has 0 radical (unpaired) electrons. The molecule has 130 valence electrons. The molecule has 3 aliphatic rings. The topological polar surface area (TPSA) is 41.6 Å². The molecule has 2 aliphatic carbocycles. The Kier molecular flexibility index (Phi) is 6.37. The van der Waals surface area contributed by atoms with E-state index in [4.69, 9.17) is 4.74 Å². The lowest BCUT2D eigenvalue weighted by Gasteiger charge is -2.33. The van der Waals surface area contributed by atoms with Crippen LogP contribution in [0, 0.1) is 11.8 Å². The lowest BCUT2D eigenvalue weighted by atomic mass is 9.88. The predicted octanol–water partition coefficient (Wildman–Crippen LogP) is 4.07. The summed E-state index contributed by atoms with van der Waals surface area (Å²) in [5.41, 5.74) is 0. The Bertz CT molecular complexity index is 398. The van der Waals surface area contributed by atoms with Crippen LogP contribution in [-0.4, -0.2) is 36.9 Å². The SMILES string of the molecule is O=C(NC1CCCO1)N(CC1CC=CCC1)CC1CCCCC1. The van der Waals surface area contributed by atoms with Gasteiger partial charge < -0.3 is 15.0 Å². The summed E-state index contributed by atoms with van der Waals surface area (Å²) in [5, 5.41) is 3.10. The summed E-state index contributed by atoms with van der Waals surface area (Å²) in [6.45, 7) is 2.61. The number of carbonyl (C=O) groups is 1. The number of allylic oxidation sites excluding steroid dienone is 2. The Hall–Kier alpha value is -1.03. The molecule has 0 aromatic carbocycles. The number of hydrogen-bond acceptors (Lipinski definition) is 2. The van der Waals surface area contributed by atoms with Gasteiger partial charge in [0.2, 0.25) is 0 Å². The van der Waals surface area contributed by atoms with Crippen molar-refractivity contribution >= 4 is 6.03 Å². The predicted molar refractivity (Wildman–Crippen MR) is 92.1 cm³/mol. The summed E-state index contributed by atoms with van der Waals surface area (Å²) in [6.07, 6.45) is 16.6. The number of nitrogens with zero attached hydrogens (tertiary/aromatic N) is 1. The number of urea groups is 1. The summed E-state index contributed by atoms with van der Waals surface area (Å²) in [6, 6.07) is 0.0945. The van der Waals surface area contributed by atoms with E-state index in [1.54, 1.807) is 0 Å². The molecule has 1 heterocycles. The molecule has 0 aromatic heterocycles. The maximum Gasteiger partial charge on any atom is 0.319 e. The number of carbonyl (C=O) groups excluding carboxylic acids is 1. The molecular formula is C19H32N2O2. The summed E-state index contributed by atoms with van der Waals surface area (Å²) in [7, 11) is 0. The molecule has 0 bridgehead atoms. The van der Waals surface area contributed by atoms with Gasteiger partial charge in [-0.3, -0.25) is 0 Å². The molecule has 23 heavy (non-hydrogen) atoms. The fraction of sp³-hybridized carbons (Fsp3) is 0.842. The molecule has 1 aliphatic heterocycles. The number of nitrogens with one attached hydrogen (secondary N) is 1. The Morgan fingerprint density at radius 2 is 1.83 bits per heavy atom. The summed E-state index contributed by atoms with van der Waals surface area (Å²) in [4.78, 5) is 14.9. The van der Waals surface area contributed by atoms with Crippen molar-refractivity contribution in [3.63, 3.8) is 0 Å².